The average Bonchev–Trinajstić information content (AvgIpc) is 2.32. The first-order chi connectivity index (χ1) is 8.31. The topological polar surface area (TPSA) is 70.8 Å². The molecule has 0 fully saturated rings. The van der Waals surface area contributed by atoms with E-state index >= 15 is 0 Å². The summed E-state index contributed by atoms with van der Waals surface area (Å²) in [5, 5.41) is 0. The molecule has 0 aliphatic carbocycles. The van der Waals surface area contributed by atoms with Crippen molar-refractivity contribution in [3.63, 3.8) is 0 Å². The fourth-order valence-corrected chi connectivity index (χ4v) is 1.20. The van der Waals surface area contributed by atoms with Gasteiger partial charge in [0.2, 0.25) is 0 Å². The van der Waals surface area contributed by atoms with Crippen LogP contribution in [0.25, 0.3) is 0 Å². The lowest BCUT2D eigenvalue weighted by Gasteiger charge is -2.05. The van der Waals surface area contributed by atoms with E-state index in [1.807, 2.05) is 0 Å². The minimum atomic E-state index is -0.152. The molecule has 0 atom stereocenters. The van der Waals surface area contributed by atoms with Gasteiger partial charge in [0.15, 0.2) is 0 Å². The molecule has 5 nitrogen and oxygen atoms in total. The number of ether oxygens (including phenoxy) is 3. The Labute approximate surface area is 104 Å². The molecule has 0 heterocycles. The van der Waals surface area contributed by atoms with Crippen molar-refractivity contribution in [1.82, 2.24) is 0 Å². The zero-order chi connectivity index (χ0) is 12.8. The maximum absolute atomic E-state index is 11.0. The summed E-state index contributed by atoms with van der Waals surface area (Å²) in [6.07, 6.45) is 2.93. The minimum Gasteiger partial charge on any atom is -0.466 e. The van der Waals surface area contributed by atoms with Crippen LogP contribution in [0.2, 0.25) is 0 Å². The van der Waals surface area contributed by atoms with E-state index < -0.39 is 0 Å². The van der Waals surface area contributed by atoms with Crippen molar-refractivity contribution in [3.8, 4) is 0 Å². The van der Waals surface area contributed by atoms with Gasteiger partial charge in [-0.05, 0) is 32.7 Å². The van der Waals surface area contributed by atoms with Crippen LogP contribution in [-0.2, 0) is 19.0 Å². The Morgan fingerprint density at radius 3 is 2.18 bits per heavy atom. The van der Waals surface area contributed by atoms with Crippen LogP contribution in [-0.4, -0.2) is 45.5 Å². The van der Waals surface area contributed by atoms with Gasteiger partial charge >= 0.3 is 5.97 Å². The van der Waals surface area contributed by atoms with Gasteiger partial charge < -0.3 is 19.9 Å². The quantitative estimate of drug-likeness (QED) is 0.413. The Bertz CT molecular complexity index is 176. The Kier molecular flexibility index (Phi) is 12.9. The minimum absolute atomic E-state index is 0.152. The number of hydrogen-bond donors (Lipinski definition) is 1. The van der Waals surface area contributed by atoms with Crippen molar-refractivity contribution in [2.45, 2.75) is 32.6 Å². The summed E-state index contributed by atoms with van der Waals surface area (Å²) >= 11 is 0. The molecule has 0 unspecified atom stereocenters. The molecule has 5 heteroatoms. The highest BCUT2D eigenvalue weighted by Crippen LogP contribution is 1.95. The fourth-order valence-electron chi connectivity index (χ4n) is 1.20. The molecule has 0 aromatic rings. The summed E-state index contributed by atoms with van der Waals surface area (Å²) in [5.74, 6) is -0.152. The number of rotatable bonds is 12. The first-order valence-electron chi connectivity index (χ1n) is 6.32. The third kappa shape index (κ3) is 13.3. The zero-order valence-electron chi connectivity index (χ0n) is 10.8. The molecule has 0 aromatic carbocycles. The lowest BCUT2D eigenvalue weighted by molar-refractivity contribution is -0.143. The van der Waals surface area contributed by atoms with E-state index in [1.54, 1.807) is 6.92 Å². The van der Waals surface area contributed by atoms with Crippen molar-refractivity contribution in [2.24, 2.45) is 5.73 Å². The molecule has 17 heavy (non-hydrogen) atoms. The van der Waals surface area contributed by atoms with Crippen LogP contribution in [0.1, 0.15) is 32.6 Å². The molecule has 0 saturated heterocycles. The Balaban J connectivity index is 3.01. The van der Waals surface area contributed by atoms with Crippen LogP contribution in [0.4, 0.5) is 0 Å². The van der Waals surface area contributed by atoms with Gasteiger partial charge in [0, 0.05) is 32.8 Å². The molecule has 0 bridgehead atoms. The van der Waals surface area contributed by atoms with E-state index in [0.29, 0.717) is 45.8 Å². The van der Waals surface area contributed by atoms with Gasteiger partial charge in [-0.25, -0.2) is 0 Å². The van der Waals surface area contributed by atoms with Crippen molar-refractivity contribution in [2.75, 3.05) is 39.6 Å². The predicted octanol–water partition coefficient (Wildman–Crippen LogP) is 1.10. The highest BCUT2D eigenvalue weighted by molar-refractivity contribution is 5.69. The summed E-state index contributed by atoms with van der Waals surface area (Å²) < 4.78 is 15.5. The Hall–Kier alpha value is -0.650. The second-order valence-electron chi connectivity index (χ2n) is 3.63. The normalized spacial score (nSPS) is 10.5. The van der Waals surface area contributed by atoms with Crippen LogP contribution in [0.5, 0.6) is 0 Å². The lowest BCUT2D eigenvalue weighted by Crippen LogP contribution is -2.08. The molecule has 0 saturated carbocycles. The predicted molar refractivity (Wildman–Crippen MR) is 65.8 cm³/mol. The SMILES string of the molecule is CCOC(=O)CCCOCCCOCCCN. The summed E-state index contributed by atoms with van der Waals surface area (Å²) in [6, 6.07) is 0. The first kappa shape index (κ1) is 16.4. The average molecular weight is 247 g/mol. The number of carbonyl (C=O) groups excluding carboxylic acids is 1. The number of carbonyl (C=O) groups is 1. The van der Waals surface area contributed by atoms with Crippen LogP contribution < -0.4 is 5.73 Å². The number of hydrogen-bond acceptors (Lipinski definition) is 5. The van der Waals surface area contributed by atoms with Gasteiger partial charge in [0.25, 0.3) is 0 Å². The van der Waals surface area contributed by atoms with Gasteiger partial charge in [0.1, 0.15) is 0 Å². The van der Waals surface area contributed by atoms with Gasteiger partial charge in [-0.15, -0.1) is 0 Å². The third-order valence-corrected chi connectivity index (χ3v) is 2.05. The second kappa shape index (κ2) is 13.4. The van der Waals surface area contributed by atoms with Gasteiger partial charge in [-0.2, -0.15) is 0 Å². The molecule has 0 aliphatic rings. The number of esters is 1. The van der Waals surface area contributed by atoms with E-state index in [4.69, 9.17) is 19.9 Å². The fraction of sp³-hybridized carbons (Fsp3) is 0.917. The maximum atomic E-state index is 11.0. The monoisotopic (exact) mass is 247 g/mol. The zero-order valence-corrected chi connectivity index (χ0v) is 10.8. The molecule has 102 valence electrons. The molecule has 2 N–H and O–H groups in total. The Morgan fingerprint density at radius 1 is 1.00 bits per heavy atom. The van der Waals surface area contributed by atoms with Crippen molar-refractivity contribution in [3.05, 3.63) is 0 Å². The maximum Gasteiger partial charge on any atom is 0.305 e. The highest BCUT2D eigenvalue weighted by atomic mass is 16.5. The van der Waals surface area contributed by atoms with E-state index in [2.05, 4.69) is 0 Å². The molecule has 0 spiro atoms. The molecular weight excluding hydrogens is 222 g/mol. The van der Waals surface area contributed by atoms with Gasteiger partial charge in [-0.1, -0.05) is 0 Å². The summed E-state index contributed by atoms with van der Waals surface area (Å²) in [4.78, 5) is 11.0. The van der Waals surface area contributed by atoms with Crippen molar-refractivity contribution >= 4 is 5.97 Å². The molecule has 0 rings (SSSR count). The standard InChI is InChI=1S/C12H25NO4/c1-2-17-12(14)6-3-8-15-10-5-11-16-9-4-7-13/h2-11,13H2,1H3. The summed E-state index contributed by atoms with van der Waals surface area (Å²) in [5.41, 5.74) is 5.33. The van der Waals surface area contributed by atoms with Crippen molar-refractivity contribution in [1.29, 1.82) is 0 Å². The van der Waals surface area contributed by atoms with E-state index in [9.17, 15) is 4.79 Å². The van der Waals surface area contributed by atoms with Gasteiger partial charge in [-0.3, -0.25) is 4.79 Å². The van der Waals surface area contributed by atoms with Gasteiger partial charge in [0.05, 0.1) is 6.61 Å². The smallest absolute Gasteiger partial charge is 0.305 e. The van der Waals surface area contributed by atoms with Crippen LogP contribution >= 0.6 is 0 Å². The largest absolute Gasteiger partial charge is 0.466 e. The second-order valence-corrected chi connectivity index (χ2v) is 3.63. The van der Waals surface area contributed by atoms with E-state index in [0.717, 1.165) is 19.4 Å². The molecule has 0 aliphatic heterocycles. The summed E-state index contributed by atoms with van der Waals surface area (Å²) in [6.45, 7) is 5.62. The third-order valence-electron chi connectivity index (χ3n) is 2.05. The number of nitrogens with two attached hydrogens (primary N) is 1. The van der Waals surface area contributed by atoms with Crippen LogP contribution in [0, 0.1) is 0 Å². The first-order valence-corrected chi connectivity index (χ1v) is 6.32. The molecule has 0 amide bonds. The molecule has 0 radical (unpaired) electrons. The van der Waals surface area contributed by atoms with E-state index in [-0.39, 0.29) is 5.97 Å². The van der Waals surface area contributed by atoms with E-state index in [1.165, 1.54) is 0 Å². The molecule has 0 aromatic heterocycles. The highest BCUT2D eigenvalue weighted by Gasteiger charge is 2.00. The van der Waals surface area contributed by atoms with Crippen LogP contribution in [0.15, 0.2) is 0 Å². The lowest BCUT2D eigenvalue weighted by atomic mass is 10.3. The molecular formula is C12H25NO4. The Morgan fingerprint density at radius 2 is 1.59 bits per heavy atom. The summed E-state index contributed by atoms with van der Waals surface area (Å²) in [7, 11) is 0. The van der Waals surface area contributed by atoms with Crippen molar-refractivity contribution < 1.29 is 19.0 Å². The van der Waals surface area contributed by atoms with Crippen LogP contribution in [0.3, 0.4) is 0 Å².